The lowest BCUT2D eigenvalue weighted by atomic mass is 10.1. The van der Waals surface area contributed by atoms with E-state index in [1.54, 1.807) is 20.3 Å². The van der Waals surface area contributed by atoms with Crippen LogP contribution in [0.1, 0.15) is 5.56 Å². The number of ether oxygens (including phenoxy) is 2. The van der Waals surface area contributed by atoms with Crippen LogP contribution < -0.4 is 14.8 Å². The predicted molar refractivity (Wildman–Crippen MR) is 108 cm³/mol. The summed E-state index contributed by atoms with van der Waals surface area (Å²) in [4.78, 5) is 19.7. The summed E-state index contributed by atoms with van der Waals surface area (Å²) in [5.41, 5.74) is 2.75. The Kier molecular flexibility index (Phi) is 6.47. The first-order valence-electron chi connectivity index (χ1n) is 8.34. The summed E-state index contributed by atoms with van der Waals surface area (Å²) >= 11 is 7.32. The van der Waals surface area contributed by atoms with Gasteiger partial charge in [0.1, 0.15) is 0 Å². The molecule has 0 spiro atoms. The van der Waals surface area contributed by atoms with E-state index in [1.165, 1.54) is 11.8 Å². The van der Waals surface area contributed by atoms with Gasteiger partial charge in [0.05, 0.1) is 31.0 Å². The first-order chi connectivity index (χ1) is 13.1. The number of amides is 1. The average molecular weight is 406 g/mol. The second-order valence-electron chi connectivity index (χ2n) is 5.78. The predicted octanol–water partition coefficient (Wildman–Crippen LogP) is 3.68. The van der Waals surface area contributed by atoms with Gasteiger partial charge in [-0.1, -0.05) is 29.4 Å². The van der Waals surface area contributed by atoms with Gasteiger partial charge in [0.2, 0.25) is 5.91 Å². The Bertz CT molecular complexity index is 945. The summed E-state index contributed by atoms with van der Waals surface area (Å²) < 4.78 is 10.5. The third-order valence-electron chi connectivity index (χ3n) is 3.95. The Hall–Kier alpha value is -2.38. The van der Waals surface area contributed by atoms with E-state index in [0.717, 1.165) is 16.6 Å². The van der Waals surface area contributed by atoms with Crippen LogP contribution in [0.25, 0.3) is 11.0 Å². The number of benzene rings is 2. The van der Waals surface area contributed by atoms with Crippen molar-refractivity contribution in [3.63, 3.8) is 0 Å². The van der Waals surface area contributed by atoms with Gasteiger partial charge in [-0.15, -0.1) is 0 Å². The van der Waals surface area contributed by atoms with E-state index in [-0.39, 0.29) is 5.91 Å². The van der Waals surface area contributed by atoms with Crippen LogP contribution in [-0.2, 0) is 11.2 Å². The van der Waals surface area contributed by atoms with Gasteiger partial charge in [-0.05, 0) is 42.3 Å². The molecule has 6 nitrogen and oxygen atoms in total. The number of methoxy groups -OCH3 is 2. The van der Waals surface area contributed by atoms with Gasteiger partial charge in [-0.2, -0.15) is 0 Å². The first-order valence-corrected chi connectivity index (χ1v) is 9.71. The minimum atomic E-state index is -0.0426. The maximum absolute atomic E-state index is 12.1. The Morgan fingerprint density at radius 1 is 1.19 bits per heavy atom. The first kappa shape index (κ1) is 19.4. The van der Waals surface area contributed by atoms with Crippen molar-refractivity contribution < 1.29 is 14.3 Å². The Labute approximate surface area is 166 Å². The van der Waals surface area contributed by atoms with Crippen molar-refractivity contribution in [2.45, 2.75) is 11.6 Å². The van der Waals surface area contributed by atoms with Crippen LogP contribution in [-0.4, -0.2) is 42.4 Å². The number of carbonyl (C=O) groups excluding carboxylic acids is 1. The molecule has 0 fully saturated rings. The van der Waals surface area contributed by atoms with E-state index in [9.17, 15) is 4.79 Å². The third-order valence-corrected chi connectivity index (χ3v) is 5.05. The van der Waals surface area contributed by atoms with Crippen molar-refractivity contribution in [3.05, 3.63) is 47.0 Å². The van der Waals surface area contributed by atoms with Crippen molar-refractivity contribution in [1.29, 1.82) is 0 Å². The summed E-state index contributed by atoms with van der Waals surface area (Å²) in [7, 11) is 3.21. The standard InChI is InChI=1S/C19H20ClN3O3S/c1-25-16-6-3-12(9-17(16)26-2)7-8-21-18(24)11-27-19-22-14-5-4-13(20)10-15(14)23-19/h3-6,9-10H,7-8,11H2,1-2H3,(H,21,24)(H,22,23). The molecule has 1 aromatic heterocycles. The highest BCUT2D eigenvalue weighted by molar-refractivity contribution is 7.99. The molecule has 1 amide bonds. The van der Waals surface area contributed by atoms with Crippen LogP contribution in [0.5, 0.6) is 11.5 Å². The van der Waals surface area contributed by atoms with Crippen LogP contribution in [0.2, 0.25) is 5.02 Å². The third kappa shape index (κ3) is 5.08. The van der Waals surface area contributed by atoms with Gasteiger partial charge in [0.25, 0.3) is 0 Å². The van der Waals surface area contributed by atoms with Crippen LogP contribution >= 0.6 is 23.4 Å². The lowest BCUT2D eigenvalue weighted by Crippen LogP contribution is -2.27. The fraction of sp³-hybridized carbons (Fsp3) is 0.263. The topological polar surface area (TPSA) is 76.2 Å². The van der Waals surface area contributed by atoms with Gasteiger partial charge in [-0.3, -0.25) is 4.79 Å². The van der Waals surface area contributed by atoms with Crippen molar-refractivity contribution >= 4 is 40.3 Å². The zero-order valence-electron chi connectivity index (χ0n) is 15.0. The van der Waals surface area contributed by atoms with Gasteiger partial charge >= 0.3 is 0 Å². The zero-order chi connectivity index (χ0) is 19.2. The maximum atomic E-state index is 12.1. The number of halogens is 1. The number of thioether (sulfide) groups is 1. The molecule has 0 aliphatic carbocycles. The second-order valence-corrected chi connectivity index (χ2v) is 7.18. The summed E-state index contributed by atoms with van der Waals surface area (Å²) in [6.45, 7) is 0.546. The number of aromatic nitrogens is 2. The second kappa shape index (κ2) is 9.01. The van der Waals surface area contributed by atoms with Gasteiger partial charge in [0.15, 0.2) is 16.7 Å². The minimum absolute atomic E-state index is 0.0426. The molecule has 1 heterocycles. The zero-order valence-corrected chi connectivity index (χ0v) is 16.6. The normalized spacial score (nSPS) is 10.8. The van der Waals surface area contributed by atoms with Gasteiger partial charge in [0, 0.05) is 11.6 Å². The van der Waals surface area contributed by atoms with Crippen LogP contribution in [0.15, 0.2) is 41.6 Å². The highest BCUT2D eigenvalue weighted by atomic mass is 35.5. The van der Waals surface area contributed by atoms with Crippen LogP contribution in [0, 0.1) is 0 Å². The number of imidazole rings is 1. The van der Waals surface area contributed by atoms with Gasteiger partial charge < -0.3 is 19.8 Å². The summed E-state index contributed by atoms with van der Waals surface area (Å²) in [5.74, 6) is 1.62. The SMILES string of the molecule is COc1ccc(CCNC(=O)CSc2nc3ccc(Cl)cc3[nH]2)cc1OC. The lowest BCUT2D eigenvalue weighted by molar-refractivity contribution is -0.118. The molecular weight excluding hydrogens is 386 g/mol. The number of nitrogens with one attached hydrogen (secondary N) is 2. The molecule has 8 heteroatoms. The summed E-state index contributed by atoms with van der Waals surface area (Å²) in [6, 6.07) is 11.2. The molecular formula is C19H20ClN3O3S. The molecule has 0 aliphatic rings. The number of rotatable bonds is 8. The molecule has 0 aliphatic heterocycles. The van der Waals surface area contributed by atoms with E-state index in [4.69, 9.17) is 21.1 Å². The number of carbonyl (C=O) groups is 1. The largest absolute Gasteiger partial charge is 0.493 e. The number of nitrogens with zero attached hydrogens (tertiary/aromatic N) is 1. The highest BCUT2D eigenvalue weighted by Gasteiger charge is 2.08. The fourth-order valence-electron chi connectivity index (χ4n) is 2.59. The van der Waals surface area contributed by atoms with Crippen molar-refractivity contribution in [3.8, 4) is 11.5 Å². The van der Waals surface area contributed by atoms with E-state index in [1.807, 2.05) is 30.3 Å². The molecule has 0 saturated heterocycles. The molecule has 3 aromatic rings. The summed E-state index contributed by atoms with van der Waals surface area (Å²) in [5, 5.41) is 4.26. The van der Waals surface area contributed by atoms with E-state index >= 15 is 0 Å². The number of hydrogen-bond donors (Lipinski definition) is 2. The number of fused-ring (bicyclic) bond motifs is 1. The smallest absolute Gasteiger partial charge is 0.230 e. The maximum Gasteiger partial charge on any atom is 0.230 e. The van der Waals surface area contributed by atoms with Crippen molar-refractivity contribution in [2.75, 3.05) is 26.5 Å². The molecule has 27 heavy (non-hydrogen) atoms. The number of aromatic amines is 1. The van der Waals surface area contributed by atoms with E-state index < -0.39 is 0 Å². The Morgan fingerprint density at radius 3 is 2.78 bits per heavy atom. The number of hydrogen-bond acceptors (Lipinski definition) is 5. The molecule has 0 unspecified atom stereocenters. The molecule has 0 radical (unpaired) electrons. The highest BCUT2D eigenvalue weighted by Crippen LogP contribution is 2.27. The number of H-pyrrole nitrogens is 1. The lowest BCUT2D eigenvalue weighted by Gasteiger charge is -2.10. The van der Waals surface area contributed by atoms with Crippen molar-refractivity contribution in [2.24, 2.45) is 0 Å². The van der Waals surface area contributed by atoms with E-state index in [2.05, 4.69) is 15.3 Å². The monoisotopic (exact) mass is 405 g/mol. The molecule has 2 aromatic carbocycles. The quantitative estimate of drug-likeness (QED) is 0.559. The average Bonchev–Trinajstić information content (AvgIpc) is 3.08. The molecule has 142 valence electrons. The molecule has 0 atom stereocenters. The molecule has 0 saturated carbocycles. The molecule has 0 bridgehead atoms. The Balaban J connectivity index is 1.46. The van der Waals surface area contributed by atoms with Crippen LogP contribution in [0.4, 0.5) is 0 Å². The van der Waals surface area contributed by atoms with Gasteiger partial charge in [-0.25, -0.2) is 4.98 Å². The van der Waals surface area contributed by atoms with Crippen LogP contribution in [0.3, 0.4) is 0 Å². The Morgan fingerprint density at radius 2 is 2.00 bits per heavy atom. The minimum Gasteiger partial charge on any atom is -0.493 e. The van der Waals surface area contributed by atoms with Crippen molar-refractivity contribution in [1.82, 2.24) is 15.3 Å². The summed E-state index contributed by atoms with van der Waals surface area (Å²) in [6.07, 6.45) is 0.708. The van der Waals surface area contributed by atoms with E-state index in [0.29, 0.717) is 40.4 Å². The molecule has 3 rings (SSSR count). The fourth-order valence-corrected chi connectivity index (χ4v) is 3.48. The molecule has 2 N–H and O–H groups in total.